The molecule has 148 valence electrons. The first kappa shape index (κ1) is 23.8. The second kappa shape index (κ2) is 11.4. The molecule has 0 aromatic rings. The minimum atomic E-state index is -0.522. The molecule has 0 aliphatic carbocycles. The van der Waals surface area contributed by atoms with Crippen LogP contribution in [-0.4, -0.2) is 67.9 Å². The van der Waals surface area contributed by atoms with E-state index in [-0.39, 0.29) is 24.1 Å². The number of carbonyl (C=O) groups is 2. The van der Waals surface area contributed by atoms with Crippen LogP contribution < -0.4 is 16.2 Å². The van der Waals surface area contributed by atoms with Crippen molar-refractivity contribution in [3.05, 3.63) is 0 Å². The quantitative estimate of drug-likeness (QED) is 0.277. The van der Waals surface area contributed by atoms with E-state index in [1.165, 1.54) is 0 Å². The minimum absolute atomic E-state index is 0.0408. The largest absolute Gasteiger partial charge is 0.381 e. The smallest absolute Gasteiger partial charge is 0.239 e. The average Bonchev–Trinajstić information content (AvgIpc) is 2.52. The van der Waals surface area contributed by atoms with Crippen LogP contribution in [0, 0.1) is 5.41 Å². The Morgan fingerprint density at radius 1 is 1.16 bits per heavy atom. The molecule has 0 radical (unpaired) electrons. The van der Waals surface area contributed by atoms with Crippen molar-refractivity contribution in [2.75, 3.05) is 40.5 Å². The summed E-state index contributed by atoms with van der Waals surface area (Å²) in [6.07, 6.45) is 1.63. The van der Waals surface area contributed by atoms with Crippen LogP contribution in [-0.2, 0) is 14.3 Å². The Morgan fingerprint density at radius 3 is 2.36 bits per heavy atom. The summed E-state index contributed by atoms with van der Waals surface area (Å²) in [6.45, 7) is 9.14. The van der Waals surface area contributed by atoms with Gasteiger partial charge in [-0.1, -0.05) is 13.8 Å². The molecule has 25 heavy (non-hydrogen) atoms. The maximum atomic E-state index is 11.9. The van der Waals surface area contributed by atoms with Gasteiger partial charge in [-0.2, -0.15) is 0 Å². The lowest BCUT2D eigenvalue weighted by Gasteiger charge is -2.29. The summed E-state index contributed by atoms with van der Waals surface area (Å²) in [6, 6.07) is 0. The number of hydrogen-bond acceptors (Lipinski definition) is 6. The van der Waals surface area contributed by atoms with E-state index in [1.54, 1.807) is 19.0 Å². The summed E-state index contributed by atoms with van der Waals surface area (Å²) < 4.78 is 5.90. The molecule has 0 atom stereocenters. The fourth-order valence-electron chi connectivity index (χ4n) is 2.01. The van der Waals surface area contributed by atoms with Gasteiger partial charge in [0.15, 0.2) is 0 Å². The highest BCUT2D eigenvalue weighted by molar-refractivity contribution is 5.81. The van der Waals surface area contributed by atoms with Crippen molar-refractivity contribution in [2.45, 2.75) is 52.6 Å². The summed E-state index contributed by atoms with van der Waals surface area (Å²) >= 11 is 0. The molecule has 0 aromatic carbocycles. The van der Waals surface area contributed by atoms with E-state index in [1.807, 2.05) is 27.7 Å². The van der Waals surface area contributed by atoms with Crippen LogP contribution in [0.25, 0.3) is 0 Å². The molecule has 0 heterocycles. The van der Waals surface area contributed by atoms with Crippen LogP contribution in [0.15, 0.2) is 0 Å². The van der Waals surface area contributed by atoms with Crippen LogP contribution in [0.3, 0.4) is 0 Å². The zero-order chi connectivity index (χ0) is 19.5. The number of hydrazine groups is 1. The van der Waals surface area contributed by atoms with Crippen molar-refractivity contribution >= 4 is 11.8 Å². The number of carbonyl (C=O) groups excluding carboxylic acids is 2. The molecule has 0 spiro atoms. The van der Waals surface area contributed by atoms with Gasteiger partial charge in [0.2, 0.25) is 11.8 Å². The Balaban J connectivity index is 4.05. The molecular weight excluding hydrogens is 324 g/mol. The third-order valence-corrected chi connectivity index (χ3v) is 4.08. The van der Waals surface area contributed by atoms with Crippen molar-refractivity contribution in [1.82, 2.24) is 21.1 Å². The fraction of sp³-hybridized carbons (Fsp3) is 0.882. The molecule has 0 rings (SSSR count). The van der Waals surface area contributed by atoms with Crippen LogP contribution in [0.5, 0.6) is 0 Å². The van der Waals surface area contributed by atoms with E-state index >= 15 is 0 Å². The van der Waals surface area contributed by atoms with Crippen LogP contribution in [0.4, 0.5) is 0 Å². The zero-order valence-electron chi connectivity index (χ0n) is 16.6. The lowest BCUT2D eigenvalue weighted by molar-refractivity contribution is -0.132. The molecule has 0 unspecified atom stereocenters. The van der Waals surface area contributed by atoms with Crippen molar-refractivity contribution < 1.29 is 19.4 Å². The van der Waals surface area contributed by atoms with Gasteiger partial charge in [-0.3, -0.25) is 19.9 Å². The first-order valence-electron chi connectivity index (χ1n) is 8.71. The Morgan fingerprint density at radius 2 is 1.80 bits per heavy atom. The van der Waals surface area contributed by atoms with Gasteiger partial charge in [0, 0.05) is 38.6 Å². The van der Waals surface area contributed by atoms with Gasteiger partial charge in [0.1, 0.15) is 0 Å². The molecule has 0 aromatic heterocycles. The molecule has 0 aliphatic rings. The number of aliphatic hydroxyl groups excluding tert-OH is 1. The summed E-state index contributed by atoms with van der Waals surface area (Å²) in [5, 5.41) is 11.7. The standard InChI is InChI=1S/C17H36N4O4/c1-16(2,15(24)20-18-5)9-12-25-17(3,4)8-10-19-14(23)7-11-21(6)13-22/h18,22H,7-13H2,1-6H3,(H,19,23)(H,20,24). The van der Waals surface area contributed by atoms with Crippen LogP contribution in [0.1, 0.15) is 47.0 Å². The number of hydrogen-bond donors (Lipinski definition) is 4. The molecule has 8 heteroatoms. The van der Waals surface area contributed by atoms with E-state index in [2.05, 4.69) is 16.2 Å². The third-order valence-electron chi connectivity index (χ3n) is 4.08. The van der Waals surface area contributed by atoms with Gasteiger partial charge in [-0.25, -0.2) is 5.43 Å². The van der Waals surface area contributed by atoms with Crippen molar-refractivity contribution in [2.24, 2.45) is 5.41 Å². The predicted molar refractivity (Wildman–Crippen MR) is 97.6 cm³/mol. The lowest BCUT2D eigenvalue weighted by Crippen LogP contribution is -2.44. The van der Waals surface area contributed by atoms with Crippen molar-refractivity contribution in [1.29, 1.82) is 0 Å². The summed E-state index contributed by atoms with van der Waals surface area (Å²) in [4.78, 5) is 25.3. The van der Waals surface area contributed by atoms with E-state index < -0.39 is 5.41 Å². The van der Waals surface area contributed by atoms with Gasteiger partial charge in [-0.15, -0.1) is 0 Å². The predicted octanol–water partition coefficient (Wildman–Crippen LogP) is 0.227. The highest BCUT2D eigenvalue weighted by Gasteiger charge is 2.28. The lowest BCUT2D eigenvalue weighted by atomic mass is 9.89. The summed E-state index contributed by atoms with van der Waals surface area (Å²) in [7, 11) is 3.41. The SMILES string of the molecule is CNNC(=O)C(C)(C)CCOC(C)(C)CCNC(=O)CCN(C)CO. The van der Waals surface area contributed by atoms with Gasteiger partial charge < -0.3 is 15.2 Å². The molecule has 0 saturated carbocycles. The average molecular weight is 360 g/mol. The Kier molecular flexibility index (Phi) is 10.8. The van der Waals surface area contributed by atoms with Gasteiger partial charge in [-0.05, 0) is 33.7 Å². The number of rotatable bonds is 13. The molecular formula is C17H36N4O4. The minimum Gasteiger partial charge on any atom is -0.381 e. The molecule has 0 aliphatic heterocycles. The third kappa shape index (κ3) is 11.1. The van der Waals surface area contributed by atoms with E-state index in [0.717, 1.165) is 0 Å². The number of amides is 2. The second-order valence-electron chi connectivity index (χ2n) is 7.52. The highest BCUT2D eigenvalue weighted by atomic mass is 16.5. The topological polar surface area (TPSA) is 103 Å². The Labute approximate surface area is 151 Å². The number of nitrogens with one attached hydrogen (secondary N) is 3. The summed E-state index contributed by atoms with van der Waals surface area (Å²) in [5.74, 6) is -0.113. The van der Waals surface area contributed by atoms with Crippen LogP contribution >= 0.6 is 0 Å². The first-order valence-corrected chi connectivity index (χ1v) is 8.71. The van der Waals surface area contributed by atoms with Crippen molar-refractivity contribution in [3.8, 4) is 0 Å². The first-order chi connectivity index (χ1) is 11.5. The number of ether oxygens (including phenoxy) is 1. The normalized spacial score (nSPS) is 12.3. The van der Waals surface area contributed by atoms with Crippen LogP contribution in [0.2, 0.25) is 0 Å². The molecule has 8 nitrogen and oxygen atoms in total. The second-order valence-corrected chi connectivity index (χ2v) is 7.52. The molecule has 0 bridgehead atoms. The van der Waals surface area contributed by atoms with Gasteiger partial charge in [0.05, 0.1) is 12.3 Å². The maximum absolute atomic E-state index is 11.9. The monoisotopic (exact) mass is 360 g/mol. The van der Waals surface area contributed by atoms with E-state index in [4.69, 9.17) is 9.84 Å². The Hall–Kier alpha value is -1.22. The Bertz CT molecular complexity index is 413. The van der Waals surface area contributed by atoms with Crippen molar-refractivity contribution in [3.63, 3.8) is 0 Å². The fourth-order valence-corrected chi connectivity index (χ4v) is 2.01. The van der Waals surface area contributed by atoms with E-state index in [0.29, 0.717) is 39.0 Å². The highest BCUT2D eigenvalue weighted by Crippen LogP contribution is 2.22. The zero-order valence-corrected chi connectivity index (χ0v) is 16.6. The molecule has 2 amide bonds. The number of aliphatic hydroxyl groups is 1. The van der Waals surface area contributed by atoms with Gasteiger partial charge >= 0.3 is 0 Å². The van der Waals surface area contributed by atoms with E-state index in [9.17, 15) is 9.59 Å². The van der Waals surface area contributed by atoms with Gasteiger partial charge in [0.25, 0.3) is 0 Å². The molecule has 0 fully saturated rings. The molecule has 0 saturated heterocycles. The summed E-state index contributed by atoms with van der Waals surface area (Å²) in [5.41, 5.74) is 4.33. The molecule has 4 N–H and O–H groups in total. The maximum Gasteiger partial charge on any atom is 0.239 e. The number of nitrogens with zero attached hydrogens (tertiary/aromatic N) is 1.